The minimum absolute atomic E-state index is 0.210. The van der Waals surface area contributed by atoms with Crippen molar-refractivity contribution in [3.8, 4) is 11.5 Å². The first-order valence-electron chi connectivity index (χ1n) is 9.51. The number of carbonyl (C=O) groups excluding carboxylic acids is 1. The molecule has 4 nitrogen and oxygen atoms in total. The second-order valence-electron chi connectivity index (χ2n) is 6.68. The Morgan fingerprint density at radius 2 is 1.34 bits per heavy atom. The van der Waals surface area contributed by atoms with Gasteiger partial charge in [-0.25, -0.2) is 0 Å². The zero-order chi connectivity index (χ0) is 21.1. The fourth-order valence-corrected chi connectivity index (χ4v) is 4.45. The molecule has 0 fully saturated rings. The molecule has 0 amide bonds. The van der Waals surface area contributed by atoms with Gasteiger partial charge < -0.3 is 0 Å². The van der Waals surface area contributed by atoms with Crippen LogP contribution in [0.1, 0.15) is 26.7 Å². The third kappa shape index (κ3) is 9.17. The minimum atomic E-state index is -0.392. The Hall–Kier alpha value is -2.28. The van der Waals surface area contributed by atoms with Crippen LogP contribution in [0.4, 0.5) is 0 Å². The van der Waals surface area contributed by atoms with Gasteiger partial charge >= 0.3 is 184 Å². The zero-order valence-corrected chi connectivity index (χ0v) is 19.2. The van der Waals surface area contributed by atoms with Crippen LogP contribution in [0.15, 0.2) is 72.8 Å². The van der Waals surface area contributed by atoms with E-state index in [0.29, 0.717) is 12.2 Å². The fraction of sp³-hybridized carbons (Fsp3) is 0.292. The summed E-state index contributed by atoms with van der Waals surface area (Å²) in [6.07, 6.45) is 2.00. The molecule has 0 atom stereocenters. The Kier molecular flexibility index (Phi) is 9.77. The van der Waals surface area contributed by atoms with Crippen molar-refractivity contribution >= 4 is 5.97 Å². The molecule has 2 aromatic rings. The van der Waals surface area contributed by atoms with Gasteiger partial charge in [0, 0.05) is 0 Å². The summed E-state index contributed by atoms with van der Waals surface area (Å²) in [6, 6.07) is 16.4. The van der Waals surface area contributed by atoms with E-state index in [4.69, 9.17) is 14.2 Å². The quantitative estimate of drug-likeness (QED) is 0.145. The van der Waals surface area contributed by atoms with E-state index in [1.807, 2.05) is 31.2 Å². The molecule has 29 heavy (non-hydrogen) atoms. The number of rotatable bonds is 12. The second kappa shape index (κ2) is 12.3. The first-order valence-corrected chi connectivity index (χ1v) is 11.7. The van der Waals surface area contributed by atoms with Crippen LogP contribution in [-0.2, 0) is 9.53 Å². The molecular weight excluding hydrogens is 479 g/mol. The van der Waals surface area contributed by atoms with E-state index in [2.05, 4.69) is 37.4 Å². The van der Waals surface area contributed by atoms with E-state index in [1.54, 1.807) is 6.92 Å². The van der Waals surface area contributed by atoms with Gasteiger partial charge in [-0.2, -0.15) is 0 Å². The van der Waals surface area contributed by atoms with Crippen molar-refractivity contribution in [1.29, 1.82) is 0 Å². The monoisotopic (exact) mass is 507 g/mol. The van der Waals surface area contributed by atoms with Crippen LogP contribution in [0.5, 0.6) is 11.5 Å². The molecule has 5 heteroatoms. The van der Waals surface area contributed by atoms with Crippen LogP contribution in [0, 0.1) is 7.14 Å². The first-order chi connectivity index (χ1) is 13.9. The molecule has 156 valence electrons. The summed E-state index contributed by atoms with van der Waals surface area (Å²) in [5.41, 5.74) is 1.58. The van der Waals surface area contributed by atoms with Crippen LogP contribution < -0.4 is 30.7 Å². The molecule has 0 saturated heterocycles. The van der Waals surface area contributed by atoms with Gasteiger partial charge in [0.05, 0.1) is 0 Å². The number of allylic oxidation sites excluding steroid dienone is 1. The van der Waals surface area contributed by atoms with Gasteiger partial charge in [0.2, 0.25) is 0 Å². The van der Waals surface area contributed by atoms with Crippen LogP contribution in [-0.4, -0.2) is 25.8 Å². The second-order valence-corrected chi connectivity index (χ2v) is 9.71. The summed E-state index contributed by atoms with van der Waals surface area (Å²) in [4.78, 5) is 11.3. The third-order valence-corrected chi connectivity index (χ3v) is 6.48. The average molecular weight is 507 g/mol. The summed E-state index contributed by atoms with van der Waals surface area (Å²) in [7, 11) is 0. The molecule has 2 rings (SSSR count). The number of hydrogen-bond donors (Lipinski definition) is 0. The predicted octanol–water partition coefficient (Wildman–Crippen LogP) is 2.05. The van der Waals surface area contributed by atoms with Gasteiger partial charge in [0.15, 0.2) is 0 Å². The molecule has 0 saturated carbocycles. The van der Waals surface area contributed by atoms with Crippen LogP contribution in [0.25, 0.3) is 0 Å². The van der Waals surface area contributed by atoms with Gasteiger partial charge in [-0.05, 0) is 0 Å². The number of esters is 1. The van der Waals surface area contributed by atoms with Gasteiger partial charge in [0.25, 0.3) is 0 Å². The molecule has 0 spiro atoms. The van der Waals surface area contributed by atoms with Gasteiger partial charge in [0.1, 0.15) is 0 Å². The Bertz CT molecular complexity index is 810. The Morgan fingerprint density at radius 3 is 1.83 bits per heavy atom. The third-order valence-electron chi connectivity index (χ3n) is 3.80. The molecule has 2 aromatic carbocycles. The van der Waals surface area contributed by atoms with Gasteiger partial charge in [-0.15, -0.1) is 0 Å². The van der Waals surface area contributed by atoms with Gasteiger partial charge in [-0.1, -0.05) is 0 Å². The average Bonchev–Trinajstić information content (AvgIpc) is 2.70. The van der Waals surface area contributed by atoms with Crippen molar-refractivity contribution in [3.05, 3.63) is 80.0 Å². The number of carbonyl (C=O) groups is 1. The summed E-state index contributed by atoms with van der Waals surface area (Å²) in [5.74, 6) is 1.29. The molecule has 0 aliphatic carbocycles. The molecule has 0 heterocycles. The van der Waals surface area contributed by atoms with Crippen molar-refractivity contribution in [3.63, 3.8) is 0 Å². The first kappa shape index (κ1) is 23.0. The summed E-state index contributed by atoms with van der Waals surface area (Å²) in [5, 5.41) is 0. The van der Waals surface area contributed by atoms with Crippen LogP contribution >= 0.6 is 0 Å². The van der Waals surface area contributed by atoms with E-state index in [1.165, 1.54) is 12.7 Å². The summed E-state index contributed by atoms with van der Waals surface area (Å²) >= 11 is -0.258. The molecule has 0 radical (unpaired) electrons. The number of ether oxygens (including phenoxy) is 3. The van der Waals surface area contributed by atoms with Gasteiger partial charge in [-0.3, -0.25) is 0 Å². The van der Waals surface area contributed by atoms with Crippen molar-refractivity contribution in [2.75, 3.05) is 19.8 Å². The fourth-order valence-electron chi connectivity index (χ4n) is 2.29. The molecule has 0 N–H and O–H groups in total. The molecular formula is C24H28IO4-. The molecule has 0 aliphatic heterocycles. The Balaban J connectivity index is 1.74. The van der Waals surface area contributed by atoms with Crippen LogP contribution in [0.2, 0.25) is 0 Å². The maximum atomic E-state index is 11.3. The van der Waals surface area contributed by atoms with Crippen molar-refractivity contribution in [2.24, 2.45) is 0 Å². The van der Waals surface area contributed by atoms with Crippen molar-refractivity contribution < 1.29 is 40.2 Å². The van der Waals surface area contributed by atoms with E-state index in [9.17, 15) is 4.79 Å². The predicted molar refractivity (Wildman–Crippen MR) is 111 cm³/mol. The topological polar surface area (TPSA) is 44.8 Å². The molecule has 0 bridgehead atoms. The molecule has 0 aliphatic rings. The van der Waals surface area contributed by atoms with Crippen LogP contribution in [0.3, 0.4) is 0 Å². The summed E-state index contributed by atoms with van der Waals surface area (Å²) < 4.78 is 19.0. The standard InChI is InChI=1S/C24H28IO4/c1-18(2)6-5-15-27-22-11-7-20(8-12-22)25-21-9-13-23(14-10-21)28-16-17-29-24(26)19(3)4/h7-14H,1,3,5-6,15-17H2,2,4H3/q-1. The molecule has 0 unspecified atom stereocenters. The summed E-state index contributed by atoms with van der Waals surface area (Å²) in [6.45, 7) is 12.4. The van der Waals surface area contributed by atoms with E-state index in [-0.39, 0.29) is 27.8 Å². The maximum absolute atomic E-state index is 11.3. The normalized spacial score (nSPS) is 10.4. The number of benzene rings is 2. The Morgan fingerprint density at radius 1 is 0.828 bits per heavy atom. The Labute approximate surface area is 183 Å². The SMILES string of the molecule is C=C(C)CCCOc1ccc([I-]c2ccc(OCCOC(=O)C(=C)C)cc2)cc1. The zero-order valence-electron chi connectivity index (χ0n) is 17.1. The number of hydrogen-bond acceptors (Lipinski definition) is 4. The van der Waals surface area contributed by atoms with Crippen molar-refractivity contribution in [2.45, 2.75) is 26.7 Å². The van der Waals surface area contributed by atoms with E-state index >= 15 is 0 Å². The van der Waals surface area contributed by atoms with Crippen molar-refractivity contribution in [1.82, 2.24) is 0 Å². The van der Waals surface area contributed by atoms with E-state index < -0.39 is 5.97 Å². The van der Waals surface area contributed by atoms with E-state index in [0.717, 1.165) is 30.9 Å². The number of halogens is 1. The molecule has 0 aromatic heterocycles.